The van der Waals surface area contributed by atoms with Gasteiger partial charge in [0.15, 0.2) is 0 Å². The molecule has 1 fully saturated rings. The monoisotopic (exact) mass is 366 g/mol. The van der Waals surface area contributed by atoms with Crippen molar-refractivity contribution < 1.29 is 14.3 Å². The number of aryl methyl sites for hydroxylation is 1. The van der Waals surface area contributed by atoms with Gasteiger partial charge in [0.2, 0.25) is 0 Å². The number of carbonyl (C=O) groups excluding carboxylic acids is 2. The average Bonchev–Trinajstić information content (AvgIpc) is 2.99. The van der Waals surface area contributed by atoms with E-state index in [9.17, 15) is 9.59 Å². The molecule has 0 spiro atoms. The van der Waals surface area contributed by atoms with Crippen LogP contribution in [0, 0.1) is 0 Å². The molecule has 0 atom stereocenters. The first kappa shape index (κ1) is 17.5. The molecule has 4 rings (SSSR count). The number of rotatable bonds is 2. The van der Waals surface area contributed by atoms with E-state index in [1.54, 1.807) is 11.1 Å². The Morgan fingerprint density at radius 1 is 0.963 bits per heavy atom. The molecule has 0 saturated carbocycles. The molecule has 1 saturated heterocycles. The SMILES string of the molecule is O=C(c1ccc2c(c1)CCCO2)N1CCCN(C(=O)c2cnccn2)CC1. The fraction of sp³-hybridized carbons (Fsp3) is 0.400. The van der Waals surface area contributed by atoms with Crippen LogP contribution in [0.15, 0.2) is 36.8 Å². The van der Waals surface area contributed by atoms with Crippen LogP contribution < -0.4 is 4.74 Å². The van der Waals surface area contributed by atoms with Crippen molar-refractivity contribution in [1.82, 2.24) is 19.8 Å². The molecule has 3 heterocycles. The smallest absolute Gasteiger partial charge is 0.274 e. The van der Waals surface area contributed by atoms with Crippen molar-refractivity contribution in [3.8, 4) is 5.75 Å². The van der Waals surface area contributed by atoms with Gasteiger partial charge in [0, 0.05) is 44.1 Å². The van der Waals surface area contributed by atoms with Crippen molar-refractivity contribution in [3.05, 3.63) is 53.6 Å². The van der Waals surface area contributed by atoms with Gasteiger partial charge in [0.05, 0.1) is 12.8 Å². The van der Waals surface area contributed by atoms with Crippen molar-refractivity contribution in [2.24, 2.45) is 0 Å². The third-order valence-corrected chi connectivity index (χ3v) is 5.01. The second kappa shape index (κ2) is 7.73. The van der Waals surface area contributed by atoms with Crippen LogP contribution >= 0.6 is 0 Å². The first-order valence-corrected chi connectivity index (χ1v) is 9.32. The number of amides is 2. The van der Waals surface area contributed by atoms with Gasteiger partial charge in [0.25, 0.3) is 11.8 Å². The van der Waals surface area contributed by atoms with Crippen molar-refractivity contribution in [3.63, 3.8) is 0 Å². The van der Waals surface area contributed by atoms with Crippen LogP contribution in [0.1, 0.15) is 39.3 Å². The van der Waals surface area contributed by atoms with Gasteiger partial charge in [-0.05, 0) is 43.0 Å². The van der Waals surface area contributed by atoms with Gasteiger partial charge in [-0.25, -0.2) is 4.98 Å². The summed E-state index contributed by atoms with van der Waals surface area (Å²) < 4.78 is 5.63. The standard InChI is InChI=1S/C20H22N4O3/c25-19(16-4-5-18-15(13-16)3-1-12-27-18)23-8-2-9-24(11-10-23)20(26)17-14-21-6-7-22-17/h4-7,13-14H,1-3,8-12H2. The predicted octanol–water partition coefficient (Wildman–Crippen LogP) is 1.79. The summed E-state index contributed by atoms with van der Waals surface area (Å²) >= 11 is 0. The highest BCUT2D eigenvalue weighted by atomic mass is 16.5. The summed E-state index contributed by atoms with van der Waals surface area (Å²) in [4.78, 5) is 37.1. The Kier molecular flexibility index (Phi) is 5.00. The van der Waals surface area contributed by atoms with Crippen molar-refractivity contribution in [1.29, 1.82) is 0 Å². The number of fused-ring (bicyclic) bond motifs is 1. The van der Waals surface area contributed by atoms with E-state index < -0.39 is 0 Å². The maximum absolute atomic E-state index is 12.9. The van der Waals surface area contributed by atoms with E-state index in [2.05, 4.69) is 9.97 Å². The van der Waals surface area contributed by atoms with Gasteiger partial charge >= 0.3 is 0 Å². The summed E-state index contributed by atoms with van der Waals surface area (Å²) in [6.45, 7) is 2.99. The van der Waals surface area contributed by atoms with Crippen LogP contribution in [-0.2, 0) is 6.42 Å². The van der Waals surface area contributed by atoms with E-state index in [1.165, 1.54) is 12.4 Å². The Labute approximate surface area is 158 Å². The molecule has 140 valence electrons. The zero-order valence-electron chi connectivity index (χ0n) is 15.1. The van der Waals surface area contributed by atoms with Crippen LogP contribution in [0.5, 0.6) is 5.75 Å². The first-order valence-electron chi connectivity index (χ1n) is 9.32. The molecule has 0 unspecified atom stereocenters. The molecule has 1 aromatic carbocycles. The molecule has 2 amide bonds. The molecule has 0 radical (unpaired) electrons. The molecule has 0 N–H and O–H groups in total. The van der Waals surface area contributed by atoms with E-state index in [-0.39, 0.29) is 11.8 Å². The summed E-state index contributed by atoms with van der Waals surface area (Å²) in [5.74, 6) is 0.759. The van der Waals surface area contributed by atoms with E-state index in [1.807, 2.05) is 23.1 Å². The Morgan fingerprint density at radius 2 is 1.78 bits per heavy atom. The average molecular weight is 366 g/mol. The number of ether oxygens (including phenoxy) is 1. The molecule has 2 aliphatic heterocycles. The van der Waals surface area contributed by atoms with Crippen LogP contribution in [0.4, 0.5) is 0 Å². The van der Waals surface area contributed by atoms with E-state index >= 15 is 0 Å². The predicted molar refractivity (Wildman–Crippen MR) is 98.7 cm³/mol. The first-order chi connectivity index (χ1) is 13.2. The highest BCUT2D eigenvalue weighted by Gasteiger charge is 2.25. The second-order valence-electron chi connectivity index (χ2n) is 6.80. The number of nitrogens with zero attached hydrogens (tertiary/aromatic N) is 4. The molecule has 2 aliphatic rings. The highest BCUT2D eigenvalue weighted by molar-refractivity contribution is 5.95. The lowest BCUT2D eigenvalue weighted by Gasteiger charge is -2.23. The number of hydrogen-bond acceptors (Lipinski definition) is 5. The van der Waals surface area contributed by atoms with E-state index in [0.29, 0.717) is 37.4 Å². The summed E-state index contributed by atoms with van der Waals surface area (Å²) in [6.07, 6.45) is 7.20. The molecule has 0 bridgehead atoms. The zero-order valence-corrected chi connectivity index (χ0v) is 15.1. The Balaban J connectivity index is 1.43. The van der Waals surface area contributed by atoms with Crippen LogP contribution in [0.3, 0.4) is 0 Å². The lowest BCUT2D eigenvalue weighted by molar-refractivity contribution is 0.0715. The number of hydrogen-bond donors (Lipinski definition) is 0. The normalized spacial score (nSPS) is 16.9. The Bertz CT molecular complexity index is 840. The molecule has 7 nitrogen and oxygen atoms in total. The van der Waals surface area contributed by atoms with Crippen molar-refractivity contribution >= 4 is 11.8 Å². The van der Waals surface area contributed by atoms with Gasteiger partial charge in [0.1, 0.15) is 11.4 Å². The van der Waals surface area contributed by atoms with Crippen molar-refractivity contribution in [2.45, 2.75) is 19.3 Å². The van der Waals surface area contributed by atoms with Gasteiger partial charge in [-0.3, -0.25) is 14.6 Å². The minimum Gasteiger partial charge on any atom is -0.493 e. The molecule has 0 aliphatic carbocycles. The van der Waals surface area contributed by atoms with Gasteiger partial charge < -0.3 is 14.5 Å². The Hall–Kier alpha value is -2.96. The molecule has 7 heteroatoms. The van der Waals surface area contributed by atoms with Gasteiger partial charge in [-0.1, -0.05) is 0 Å². The van der Waals surface area contributed by atoms with Crippen molar-refractivity contribution in [2.75, 3.05) is 32.8 Å². The number of aromatic nitrogens is 2. The third-order valence-electron chi connectivity index (χ3n) is 5.01. The van der Waals surface area contributed by atoms with Gasteiger partial charge in [-0.2, -0.15) is 0 Å². The molecule has 1 aromatic heterocycles. The van der Waals surface area contributed by atoms with Crippen LogP contribution in [0.2, 0.25) is 0 Å². The molecule has 2 aromatic rings. The van der Waals surface area contributed by atoms with E-state index in [0.717, 1.165) is 37.2 Å². The fourth-order valence-electron chi connectivity index (χ4n) is 3.57. The zero-order chi connectivity index (χ0) is 18.6. The lowest BCUT2D eigenvalue weighted by Crippen LogP contribution is -2.37. The fourth-order valence-corrected chi connectivity index (χ4v) is 3.57. The van der Waals surface area contributed by atoms with Gasteiger partial charge in [-0.15, -0.1) is 0 Å². The molecular formula is C20H22N4O3. The maximum atomic E-state index is 12.9. The minimum atomic E-state index is -0.136. The third kappa shape index (κ3) is 3.77. The van der Waals surface area contributed by atoms with Crippen LogP contribution in [0.25, 0.3) is 0 Å². The number of benzene rings is 1. The molecule has 27 heavy (non-hydrogen) atoms. The van der Waals surface area contributed by atoms with E-state index in [4.69, 9.17) is 4.74 Å². The minimum absolute atomic E-state index is 0.0113. The topological polar surface area (TPSA) is 75.6 Å². The Morgan fingerprint density at radius 3 is 2.56 bits per heavy atom. The second-order valence-corrected chi connectivity index (χ2v) is 6.80. The summed E-state index contributed by atoms with van der Waals surface area (Å²) in [5.41, 5.74) is 2.13. The lowest BCUT2D eigenvalue weighted by atomic mass is 10.0. The summed E-state index contributed by atoms with van der Waals surface area (Å²) in [6, 6.07) is 5.67. The largest absolute Gasteiger partial charge is 0.493 e. The summed E-state index contributed by atoms with van der Waals surface area (Å²) in [5, 5.41) is 0. The maximum Gasteiger partial charge on any atom is 0.274 e. The quantitative estimate of drug-likeness (QED) is 0.810. The number of carbonyl (C=O) groups is 2. The van der Waals surface area contributed by atoms with Crippen LogP contribution in [-0.4, -0.2) is 64.4 Å². The highest BCUT2D eigenvalue weighted by Crippen LogP contribution is 2.26. The summed E-state index contributed by atoms with van der Waals surface area (Å²) in [7, 11) is 0. The molecular weight excluding hydrogens is 344 g/mol.